The molecule has 0 radical (unpaired) electrons. The first-order valence-corrected chi connectivity index (χ1v) is 3.76. The molecule has 0 aliphatic heterocycles. The van der Waals surface area contributed by atoms with Crippen LogP contribution < -0.4 is 0 Å². The summed E-state index contributed by atoms with van der Waals surface area (Å²) in [5.41, 5.74) is 2.05. The Balaban J connectivity index is 2.71. The van der Waals surface area contributed by atoms with E-state index in [1.165, 1.54) is 0 Å². The van der Waals surface area contributed by atoms with E-state index in [0.717, 1.165) is 30.4 Å². The van der Waals surface area contributed by atoms with Crippen LogP contribution in [0.15, 0.2) is 23.8 Å². The molecule has 0 bridgehead atoms. The summed E-state index contributed by atoms with van der Waals surface area (Å²) in [7, 11) is 0. The number of allylic oxidation sites excluding steroid dienone is 1. The van der Waals surface area contributed by atoms with Crippen molar-refractivity contribution in [1.29, 1.82) is 0 Å². The highest BCUT2D eigenvalue weighted by Gasteiger charge is 2.13. The average molecular weight is 138 g/mol. The van der Waals surface area contributed by atoms with Crippen molar-refractivity contribution < 1.29 is 5.11 Å². The van der Waals surface area contributed by atoms with E-state index in [0.29, 0.717) is 0 Å². The summed E-state index contributed by atoms with van der Waals surface area (Å²) in [6.45, 7) is 5.75. The third-order valence-corrected chi connectivity index (χ3v) is 1.90. The van der Waals surface area contributed by atoms with E-state index >= 15 is 0 Å². The van der Waals surface area contributed by atoms with Gasteiger partial charge in [-0.25, -0.2) is 0 Å². The SMILES string of the molecule is C=C(C)C1=CCCC[C@H]1O. The Morgan fingerprint density at radius 3 is 2.90 bits per heavy atom. The summed E-state index contributed by atoms with van der Waals surface area (Å²) >= 11 is 0. The van der Waals surface area contributed by atoms with Crippen LogP contribution >= 0.6 is 0 Å². The second-order valence-corrected chi connectivity index (χ2v) is 2.89. The zero-order chi connectivity index (χ0) is 7.56. The normalized spacial score (nSPS) is 25.8. The number of hydrogen-bond donors (Lipinski definition) is 1. The van der Waals surface area contributed by atoms with Crippen LogP contribution in [0, 0.1) is 0 Å². The molecule has 1 aliphatic rings. The lowest BCUT2D eigenvalue weighted by Gasteiger charge is -2.18. The summed E-state index contributed by atoms with van der Waals surface area (Å²) in [5, 5.41) is 9.41. The Morgan fingerprint density at radius 1 is 1.80 bits per heavy atom. The van der Waals surface area contributed by atoms with Gasteiger partial charge in [-0.2, -0.15) is 0 Å². The molecular formula is C9H14O. The first kappa shape index (κ1) is 7.55. The number of rotatable bonds is 1. The molecule has 0 spiro atoms. The van der Waals surface area contributed by atoms with Crippen LogP contribution in [0.5, 0.6) is 0 Å². The van der Waals surface area contributed by atoms with Crippen LogP contribution in [0.4, 0.5) is 0 Å². The van der Waals surface area contributed by atoms with E-state index in [9.17, 15) is 5.11 Å². The zero-order valence-electron chi connectivity index (χ0n) is 6.43. The highest BCUT2D eigenvalue weighted by atomic mass is 16.3. The van der Waals surface area contributed by atoms with Gasteiger partial charge in [0, 0.05) is 0 Å². The molecule has 1 aliphatic carbocycles. The lowest BCUT2D eigenvalue weighted by Crippen LogP contribution is -2.14. The van der Waals surface area contributed by atoms with Gasteiger partial charge in [-0.1, -0.05) is 18.2 Å². The molecule has 0 fully saturated rings. The fourth-order valence-electron chi connectivity index (χ4n) is 1.32. The Hall–Kier alpha value is -0.560. The minimum atomic E-state index is -0.244. The van der Waals surface area contributed by atoms with E-state index in [4.69, 9.17) is 0 Å². The fourth-order valence-corrected chi connectivity index (χ4v) is 1.32. The third-order valence-electron chi connectivity index (χ3n) is 1.90. The summed E-state index contributed by atoms with van der Waals surface area (Å²) in [6.07, 6.45) is 4.96. The van der Waals surface area contributed by atoms with Crippen molar-refractivity contribution in [2.75, 3.05) is 0 Å². The average Bonchev–Trinajstić information content (AvgIpc) is 1.88. The molecule has 1 heteroatoms. The third kappa shape index (κ3) is 1.48. The first-order valence-electron chi connectivity index (χ1n) is 3.76. The second kappa shape index (κ2) is 3.02. The van der Waals surface area contributed by atoms with Crippen molar-refractivity contribution >= 4 is 0 Å². The van der Waals surface area contributed by atoms with Gasteiger partial charge in [-0.3, -0.25) is 0 Å². The molecule has 1 rings (SSSR count). The summed E-state index contributed by atoms with van der Waals surface area (Å²) in [5.74, 6) is 0. The first-order chi connectivity index (χ1) is 4.72. The van der Waals surface area contributed by atoms with Gasteiger partial charge in [0.15, 0.2) is 0 Å². The predicted octanol–water partition coefficient (Wildman–Crippen LogP) is 2.03. The smallest absolute Gasteiger partial charge is 0.0789 e. The van der Waals surface area contributed by atoms with E-state index in [1.807, 2.05) is 6.92 Å². The molecule has 56 valence electrons. The van der Waals surface area contributed by atoms with Gasteiger partial charge in [-0.05, 0) is 31.8 Å². The summed E-state index contributed by atoms with van der Waals surface area (Å²) in [4.78, 5) is 0. The molecule has 0 aromatic carbocycles. The van der Waals surface area contributed by atoms with Gasteiger partial charge < -0.3 is 5.11 Å². The number of hydrogen-bond acceptors (Lipinski definition) is 1. The van der Waals surface area contributed by atoms with Gasteiger partial charge in [-0.15, -0.1) is 0 Å². The molecule has 0 amide bonds. The van der Waals surface area contributed by atoms with Crippen molar-refractivity contribution in [1.82, 2.24) is 0 Å². The van der Waals surface area contributed by atoms with E-state index in [1.54, 1.807) is 0 Å². The second-order valence-electron chi connectivity index (χ2n) is 2.89. The van der Waals surface area contributed by atoms with Gasteiger partial charge in [0.25, 0.3) is 0 Å². The Bertz CT molecular complexity index is 168. The van der Waals surface area contributed by atoms with Gasteiger partial charge in [0.2, 0.25) is 0 Å². The maximum atomic E-state index is 9.41. The number of aliphatic hydroxyl groups is 1. The molecule has 1 N–H and O–H groups in total. The van der Waals surface area contributed by atoms with Crippen LogP contribution in [-0.2, 0) is 0 Å². The molecule has 0 aromatic heterocycles. The Morgan fingerprint density at radius 2 is 2.50 bits per heavy atom. The van der Waals surface area contributed by atoms with Gasteiger partial charge in [0.1, 0.15) is 0 Å². The molecular weight excluding hydrogens is 124 g/mol. The zero-order valence-corrected chi connectivity index (χ0v) is 6.43. The monoisotopic (exact) mass is 138 g/mol. The predicted molar refractivity (Wildman–Crippen MR) is 42.8 cm³/mol. The molecule has 0 saturated carbocycles. The minimum absolute atomic E-state index is 0.244. The summed E-state index contributed by atoms with van der Waals surface area (Å²) in [6, 6.07) is 0. The molecule has 1 nitrogen and oxygen atoms in total. The molecule has 0 saturated heterocycles. The van der Waals surface area contributed by atoms with Gasteiger partial charge >= 0.3 is 0 Å². The van der Waals surface area contributed by atoms with Crippen molar-refractivity contribution in [2.24, 2.45) is 0 Å². The minimum Gasteiger partial charge on any atom is -0.388 e. The lowest BCUT2D eigenvalue weighted by atomic mass is 9.92. The van der Waals surface area contributed by atoms with Crippen molar-refractivity contribution in [3.63, 3.8) is 0 Å². The maximum absolute atomic E-state index is 9.41. The standard InChI is InChI=1S/C9H14O/c1-7(2)8-5-3-4-6-9(8)10/h5,9-10H,1,3-4,6H2,2H3/t9-/m1/s1. The Kier molecular flexibility index (Phi) is 2.28. The van der Waals surface area contributed by atoms with E-state index in [2.05, 4.69) is 12.7 Å². The van der Waals surface area contributed by atoms with Crippen LogP contribution in [0.25, 0.3) is 0 Å². The highest BCUT2D eigenvalue weighted by Crippen LogP contribution is 2.22. The van der Waals surface area contributed by atoms with E-state index < -0.39 is 0 Å². The molecule has 0 heterocycles. The quantitative estimate of drug-likeness (QED) is 0.588. The largest absolute Gasteiger partial charge is 0.388 e. The van der Waals surface area contributed by atoms with Crippen LogP contribution in [-0.4, -0.2) is 11.2 Å². The van der Waals surface area contributed by atoms with Crippen molar-refractivity contribution in [3.8, 4) is 0 Å². The lowest BCUT2D eigenvalue weighted by molar-refractivity contribution is 0.194. The maximum Gasteiger partial charge on any atom is 0.0789 e. The molecule has 0 unspecified atom stereocenters. The van der Waals surface area contributed by atoms with Crippen LogP contribution in [0.2, 0.25) is 0 Å². The van der Waals surface area contributed by atoms with Crippen molar-refractivity contribution in [2.45, 2.75) is 32.3 Å². The van der Waals surface area contributed by atoms with Crippen LogP contribution in [0.1, 0.15) is 26.2 Å². The highest BCUT2D eigenvalue weighted by molar-refractivity contribution is 5.30. The molecule has 0 aromatic rings. The molecule has 1 atom stereocenters. The van der Waals surface area contributed by atoms with Crippen LogP contribution in [0.3, 0.4) is 0 Å². The topological polar surface area (TPSA) is 20.2 Å². The fraction of sp³-hybridized carbons (Fsp3) is 0.556. The number of aliphatic hydroxyl groups excluding tert-OH is 1. The van der Waals surface area contributed by atoms with Crippen molar-refractivity contribution in [3.05, 3.63) is 23.8 Å². The Labute approximate surface area is 62.1 Å². The summed E-state index contributed by atoms with van der Waals surface area (Å²) < 4.78 is 0. The van der Waals surface area contributed by atoms with E-state index in [-0.39, 0.29) is 6.10 Å². The molecule has 10 heavy (non-hydrogen) atoms. The van der Waals surface area contributed by atoms with Gasteiger partial charge in [0.05, 0.1) is 6.10 Å².